The Morgan fingerprint density at radius 2 is 1.18 bits per heavy atom. The molecule has 2 aromatic carbocycles. The molecule has 0 N–H and O–H groups in total. The molecule has 0 aliphatic carbocycles. The third-order valence-corrected chi connectivity index (χ3v) is 4.32. The monoisotopic (exact) mass is 378 g/mol. The second kappa shape index (κ2) is 8.87. The number of epoxide rings is 2. The van der Waals surface area contributed by atoms with Gasteiger partial charge in [0, 0.05) is 0 Å². The van der Waals surface area contributed by atoms with Crippen molar-refractivity contribution in [3.63, 3.8) is 0 Å². The van der Waals surface area contributed by atoms with Crippen LogP contribution < -0.4 is 9.47 Å². The van der Waals surface area contributed by atoms with Gasteiger partial charge in [-0.3, -0.25) is 4.79 Å². The maximum Gasteiger partial charge on any atom is 0.178 e. The Balaban J connectivity index is 1.24. The van der Waals surface area contributed by atoms with Crippen LogP contribution in [0.25, 0.3) is 12.2 Å². The van der Waals surface area contributed by atoms with Gasteiger partial charge in [0.25, 0.3) is 0 Å². The summed E-state index contributed by atoms with van der Waals surface area (Å²) in [6.45, 7) is 2.73. The van der Waals surface area contributed by atoms with Gasteiger partial charge in [0.15, 0.2) is 5.78 Å². The van der Waals surface area contributed by atoms with Gasteiger partial charge in [-0.2, -0.15) is 0 Å². The fourth-order valence-electron chi connectivity index (χ4n) is 2.47. The first-order valence-electron chi connectivity index (χ1n) is 9.34. The third-order valence-electron chi connectivity index (χ3n) is 4.32. The Labute approximate surface area is 164 Å². The predicted molar refractivity (Wildman–Crippen MR) is 106 cm³/mol. The Morgan fingerprint density at radius 3 is 1.54 bits per heavy atom. The van der Waals surface area contributed by atoms with Gasteiger partial charge in [-0.05, 0) is 47.5 Å². The second-order valence-electron chi connectivity index (χ2n) is 6.74. The maximum absolute atomic E-state index is 12.0. The van der Waals surface area contributed by atoms with Crippen LogP contribution in [0.15, 0.2) is 60.7 Å². The predicted octanol–water partition coefficient (Wildman–Crippen LogP) is 3.54. The average molecular weight is 378 g/mol. The molecule has 2 aromatic rings. The van der Waals surface area contributed by atoms with E-state index in [0.717, 1.165) is 35.8 Å². The minimum atomic E-state index is -0.0718. The molecule has 0 spiro atoms. The molecule has 2 atom stereocenters. The van der Waals surface area contributed by atoms with E-state index in [9.17, 15) is 4.79 Å². The van der Waals surface area contributed by atoms with E-state index in [-0.39, 0.29) is 18.0 Å². The molecule has 2 unspecified atom stereocenters. The molecule has 0 aromatic heterocycles. The van der Waals surface area contributed by atoms with Crippen LogP contribution in [0.3, 0.4) is 0 Å². The summed E-state index contributed by atoms with van der Waals surface area (Å²) in [5.74, 6) is 1.53. The quantitative estimate of drug-likeness (QED) is 0.467. The molecule has 28 heavy (non-hydrogen) atoms. The van der Waals surface area contributed by atoms with Crippen molar-refractivity contribution in [3.05, 3.63) is 71.8 Å². The highest BCUT2D eigenvalue weighted by Crippen LogP contribution is 2.17. The summed E-state index contributed by atoms with van der Waals surface area (Å²) in [5.41, 5.74) is 1.89. The normalized spacial score (nSPS) is 20.4. The van der Waals surface area contributed by atoms with E-state index in [1.54, 1.807) is 24.3 Å². The van der Waals surface area contributed by atoms with Gasteiger partial charge in [0.05, 0.1) is 13.2 Å². The number of carbonyl (C=O) groups is 1. The van der Waals surface area contributed by atoms with Crippen LogP contribution in [0, 0.1) is 0 Å². The first-order chi connectivity index (χ1) is 13.7. The number of hydrogen-bond donors (Lipinski definition) is 0. The van der Waals surface area contributed by atoms with Crippen molar-refractivity contribution in [2.24, 2.45) is 0 Å². The first-order valence-corrected chi connectivity index (χ1v) is 9.34. The topological polar surface area (TPSA) is 60.6 Å². The summed E-state index contributed by atoms with van der Waals surface area (Å²) >= 11 is 0. The minimum absolute atomic E-state index is 0.0718. The van der Waals surface area contributed by atoms with E-state index in [0.29, 0.717) is 13.2 Å². The molecule has 2 fully saturated rings. The molecule has 144 valence electrons. The zero-order valence-corrected chi connectivity index (χ0v) is 15.5. The molecule has 0 bridgehead atoms. The lowest BCUT2D eigenvalue weighted by Crippen LogP contribution is -2.03. The van der Waals surface area contributed by atoms with Crippen LogP contribution >= 0.6 is 0 Å². The Morgan fingerprint density at radius 1 is 0.786 bits per heavy atom. The largest absolute Gasteiger partial charge is 0.491 e. The Hall–Kier alpha value is -2.89. The van der Waals surface area contributed by atoms with Gasteiger partial charge < -0.3 is 18.9 Å². The Bertz CT molecular complexity index is 772. The number of carbonyl (C=O) groups excluding carboxylic acids is 1. The SMILES string of the molecule is O=C(C=Cc1ccc(OCC2CO2)cc1)C=Cc1ccc(OCC2CO2)cc1. The number of benzene rings is 2. The number of ether oxygens (including phenoxy) is 4. The second-order valence-corrected chi connectivity index (χ2v) is 6.74. The van der Waals surface area contributed by atoms with Gasteiger partial charge in [-0.15, -0.1) is 0 Å². The molecular formula is C23H22O5. The fraction of sp³-hybridized carbons (Fsp3) is 0.261. The third kappa shape index (κ3) is 6.08. The minimum Gasteiger partial charge on any atom is -0.491 e. The molecule has 2 aliphatic heterocycles. The van der Waals surface area contributed by atoms with Crippen molar-refractivity contribution in [1.82, 2.24) is 0 Å². The fourth-order valence-corrected chi connectivity index (χ4v) is 2.47. The van der Waals surface area contributed by atoms with Gasteiger partial charge in [-0.1, -0.05) is 36.4 Å². The molecule has 2 aliphatic rings. The van der Waals surface area contributed by atoms with Crippen molar-refractivity contribution in [1.29, 1.82) is 0 Å². The number of ketones is 1. The molecule has 5 nitrogen and oxygen atoms in total. The molecule has 0 radical (unpaired) electrons. The number of allylic oxidation sites excluding steroid dienone is 2. The Kier molecular flexibility index (Phi) is 5.85. The highest BCUT2D eigenvalue weighted by molar-refractivity contribution is 6.04. The molecule has 4 rings (SSSR count). The van der Waals surface area contributed by atoms with Crippen LogP contribution in [-0.2, 0) is 14.3 Å². The van der Waals surface area contributed by atoms with Crippen molar-refractivity contribution in [2.75, 3.05) is 26.4 Å². The van der Waals surface area contributed by atoms with Crippen molar-refractivity contribution in [3.8, 4) is 11.5 Å². The highest BCUT2D eigenvalue weighted by atomic mass is 16.6. The van der Waals surface area contributed by atoms with Crippen LogP contribution in [0.1, 0.15) is 11.1 Å². The van der Waals surface area contributed by atoms with Gasteiger partial charge in [-0.25, -0.2) is 0 Å². The van der Waals surface area contributed by atoms with Gasteiger partial charge >= 0.3 is 0 Å². The maximum atomic E-state index is 12.0. The summed E-state index contributed by atoms with van der Waals surface area (Å²) in [6, 6.07) is 15.2. The van der Waals surface area contributed by atoms with E-state index in [4.69, 9.17) is 18.9 Å². The van der Waals surface area contributed by atoms with E-state index in [2.05, 4.69) is 0 Å². The standard InChI is InChI=1S/C23H22O5/c24-19(7-1-17-3-9-20(10-4-17)25-13-22-15-27-22)8-2-18-5-11-21(12-6-18)26-14-23-16-28-23/h1-12,22-23H,13-16H2. The lowest BCUT2D eigenvalue weighted by Gasteiger charge is -2.04. The van der Waals surface area contributed by atoms with Crippen LogP contribution in [0.2, 0.25) is 0 Å². The van der Waals surface area contributed by atoms with Crippen LogP contribution in [0.5, 0.6) is 11.5 Å². The van der Waals surface area contributed by atoms with E-state index < -0.39 is 0 Å². The van der Waals surface area contributed by atoms with E-state index in [1.807, 2.05) is 48.5 Å². The zero-order chi connectivity index (χ0) is 19.2. The van der Waals surface area contributed by atoms with Crippen molar-refractivity contribution >= 4 is 17.9 Å². The summed E-state index contributed by atoms with van der Waals surface area (Å²) in [4.78, 5) is 12.0. The number of hydrogen-bond acceptors (Lipinski definition) is 5. The summed E-state index contributed by atoms with van der Waals surface area (Å²) in [6.07, 6.45) is 7.17. The van der Waals surface area contributed by atoms with Crippen LogP contribution in [0.4, 0.5) is 0 Å². The molecule has 2 heterocycles. The molecule has 0 saturated carbocycles. The van der Waals surface area contributed by atoms with Crippen molar-refractivity contribution in [2.45, 2.75) is 12.2 Å². The summed E-state index contributed by atoms with van der Waals surface area (Å²) in [5, 5.41) is 0. The van der Waals surface area contributed by atoms with Crippen LogP contribution in [-0.4, -0.2) is 44.4 Å². The number of rotatable bonds is 10. The van der Waals surface area contributed by atoms with Crippen molar-refractivity contribution < 1.29 is 23.7 Å². The average Bonchev–Trinajstić information content (AvgIpc) is 3.64. The molecule has 2 saturated heterocycles. The first kappa shape index (κ1) is 18.5. The van der Waals surface area contributed by atoms with E-state index >= 15 is 0 Å². The summed E-state index contributed by atoms with van der Waals surface area (Å²) < 4.78 is 21.4. The summed E-state index contributed by atoms with van der Waals surface area (Å²) in [7, 11) is 0. The highest BCUT2D eigenvalue weighted by Gasteiger charge is 2.23. The smallest absolute Gasteiger partial charge is 0.178 e. The molecular weight excluding hydrogens is 356 g/mol. The van der Waals surface area contributed by atoms with Gasteiger partial charge in [0.1, 0.15) is 36.9 Å². The molecule has 0 amide bonds. The van der Waals surface area contributed by atoms with Gasteiger partial charge in [0.2, 0.25) is 0 Å². The lowest BCUT2D eigenvalue weighted by molar-refractivity contribution is -0.110. The zero-order valence-electron chi connectivity index (χ0n) is 15.5. The van der Waals surface area contributed by atoms with E-state index in [1.165, 1.54) is 0 Å². The lowest BCUT2D eigenvalue weighted by atomic mass is 10.1. The molecule has 5 heteroatoms.